The van der Waals surface area contributed by atoms with Gasteiger partial charge in [0, 0.05) is 19.4 Å². The molecule has 1 saturated heterocycles. The average molecular weight is 277 g/mol. The third-order valence-electron chi connectivity index (χ3n) is 3.73. The monoisotopic (exact) mass is 277 g/mol. The van der Waals surface area contributed by atoms with E-state index >= 15 is 0 Å². The molecular weight excluding hydrogens is 250 g/mol. The van der Waals surface area contributed by atoms with Crippen molar-refractivity contribution in [2.45, 2.75) is 52.7 Å². The van der Waals surface area contributed by atoms with E-state index in [0.29, 0.717) is 6.10 Å². The number of ether oxygens (including phenoxy) is 2. The topological polar surface area (TPSA) is 30.5 Å². The molecular formula is C17H27NO2. The quantitative estimate of drug-likeness (QED) is 0.809. The molecule has 0 amide bonds. The van der Waals surface area contributed by atoms with Crippen LogP contribution in [0.3, 0.4) is 0 Å². The largest absolute Gasteiger partial charge is 0.490 e. The second-order valence-corrected chi connectivity index (χ2v) is 5.67. The fraction of sp³-hybridized carbons (Fsp3) is 0.647. The molecule has 0 bridgehead atoms. The Morgan fingerprint density at radius 1 is 1.20 bits per heavy atom. The lowest BCUT2D eigenvalue weighted by molar-refractivity contribution is 0.0250. The predicted molar refractivity (Wildman–Crippen MR) is 82.4 cm³/mol. The highest BCUT2D eigenvalue weighted by molar-refractivity contribution is 5.43. The zero-order chi connectivity index (χ0) is 14.4. The standard InChI is InChI=1S/C17H27NO2/c1-4-7-18-12-15-10-13(2)17(14(3)11-15)20-16-5-8-19-9-6-16/h10-11,16,18H,4-9,12H2,1-3H3. The zero-order valence-corrected chi connectivity index (χ0v) is 13.0. The molecule has 1 N–H and O–H groups in total. The van der Waals surface area contributed by atoms with Gasteiger partial charge in [0.1, 0.15) is 11.9 Å². The summed E-state index contributed by atoms with van der Waals surface area (Å²) >= 11 is 0. The molecule has 0 radical (unpaired) electrons. The van der Waals surface area contributed by atoms with Gasteiger partial charge in [-0.05, 0) is 43.5 Å². The molecule has 1 aliphatic heterocycles. The van der Waals surface area contributed by atoms with Crippen molar-refractivity contribution in [3.63, 3.8) is 0 Å². The highest BCUT2D eigenvalue weighted by atomic mass is 16.5. The van der Waals surface area contributed by atoms with Gasteiger partial charge in [-0.25, -0.2) is 0 Å². The van der Waals surface area contributed by atoms with Crippen LogP contribution in [0.4, 0.5) is 0 Å². The highest BCUT2D eigenvalue weighted by Gasteiger charge is 2.17. The van der Waals surface area contributed by atoms with Crippen LogP contribution in [0.1, 0.15) is 42.9 Å². The molecule has 20 heavy (non-hydrogen) atoms. The van der Waals surface area contributed by atoms with Crippen molar-refractivity contribution < 1.29 is 9.47 Å². The van der Waals surface area contributed by atoms with Crippen molar-refractivity contribution in [3.8, 4) is 5.75 Å². The van der Waals surface area contributed by atoms with Crippen molar-refractivity contribution in [2.24, 2.45) is 0 Å². The summed E-state index contributed by atoms with van der Waals surface area (Å²) in [4.78, 5) is 0. The van der Waals surface area contributed by atoms with Crippen LogP contribution >= 0.6 is 0 Å². The first-order valence-corrected chi connectivity index (χ1v) is 7.76. The predicted octanol–water partition coefficient (Wildman–Crippen LogP) is 3.36. The van der Waals surface area contributed by atoms with Crippen molar-refractivity contribution in [1.29, 1.82) is 0 Å². The maximum atomic E-state index is 6.20. The van der Waals surface area contributed by atoms with E-state index < -0.39 is 0 Å². The number of hydrogen-bond acceptors (Lipinski definition) is 3. The van der Waals surface area contributed by atoms with Crippen LogP contribution in [0.25, 0.3) is 0 Å². The lowest BCUT2D eigenvalue weighted by Gasteiger charge is -2.25. The fourth-order valence-electron chi connectivity index (χ4n) is 2.70. The van der Waals surface area contributed by atoms with Crippen LogP contribution < -0.4 is 10.1 Å². The van der Waals surface area contributed by atoms with E-state index in [0.717, 1.165) is 44.9 Å². The number of nitrogens with one attached hydrogen (secondary N) is 1. The van der Waals surface area contributed by atoms with Crippen LogP contribution in [-0.2, 0) is 11.3 Å². The Bertz CT molecular complexity index is 402. The number of hydrogen-bond donors (Lipinski definition) is 1. The van der Waals surface area contributed by atoms with Crippen molar-refractivity contribution in [3.05, 3.63) is 28.8 Å². The fourth-order valence-corrected chi connectivity index (χ4v) is 2.70. The van der Waals surface area contributed by atoms with Crippen LogP contribution in [-0.4, -0.2) is 25.9 Å². The van der Waals surface area contributed by atoms with E-state index in [2.05, 4.69) is 38.2 Å². The minimum atomic E-state index is 0.310. The van der Waals surface area contributed by atoms with Gasteiger partial charge in [0.25, 0.3) is 0 Å². The molecule has 0 saturated carbocycles. The maximum Gasteiger partial charge on any atom is 0.125 e. The average Bonchev–Trinajstić information content (AvgIpc) is 2.44. The third-order valence-corrected chi connectivity index (χ3v) is 3.73. The summed E-state index contributed by atoms with van der Waals surface area (Å²) in [5.74, 6) is 1.07. The Kier molecular flexibility index (Phi) is 5.86. The Morgan fingerprint density at radius 3 is 2.45 bits per heavy atom. The number of rotatable bonds is 6. The molecule has 0 spiro atoms. The molecule has 112 valence electrons. The summed E-state index contributed by atoms with van der Waals surface area (Å²) in [7, 11) is 0. The van der Waals surface area contributed by atoms with E-state index in [1.165, 1.54) is 23.1 Å². The van der Waals surface area contributed by atoms with Gasteiger partial charge in [-0.1, -0.05) is 19.1 Å². The molecule has 3 nitrogen and oxygen atoms in total. The summed E-state index contributed by atoms with van der Waals surface area (Å²) in [5.41, 5.74) is 3.82. The summed E-state index contributed by atoms with van der Waals surface area (Å²) in [5, 5.41) is 3.45. The molecule has 0 atom stereocenters. The lowest BCUT2D eigenvalue weighted by atomic mass is 10.0. The van der Waals surface area contributed by atoms with E-state index in [1.54, 1.807) is 0 Å². The third kappa shape index (κ3) is 4.22. The van der Waals surface area contributed by atoms with Gasteiger partial charge in [-0.15, -0.1) is 0 Å². The smallest absolute Gasteiger partial charge is 0.125 e. The molecule has 2 rings (SSSR count). The molecule has 1 aliphatic rings. The van der Waals surface area contributed by atoms with Gasteiger partial charge in [0.2, 0.25) is 0 Å². The first kappa shape index (κ1) is 15.3. The Labute approximate surface area is 122 Å². The number of benzene rings is 1. The van der Waals surface area contributed by atoms with Gasteiger partial charge < -0.3 is 14.8 Å². The molecule has 1 aromatic rings. The van der Waals surface area contributed by atoms with Gasteiger partial charge >= 0.3 is 0 Å². The molecule has 0 aliphatic carbocycles. The Hall–Kier alpha value is -1.06. The van der Waals surface area contributed by atoms with Crippen LogP contribution in [0.5, 0.6) is 5.75 Å². The molecule has 0 aromatic heterocycles. The normalized spacial score (nSPS) is 16.4. The first-order valence-electron chi connectivity index (χ1n) is 7.76. The molecule has 3 heteroatoms. The molecule has 0 unspecified atom stereocenters. The summed E-state index contributed by atoms with van der Waals surface area (Å²) in [6.45, 7) is 10.1. The Balaban J connectivity index is 2.01. The van der Waals surface area contributed by atoms with E-state index in [-0.39, 0.29) is 0 Å². The minimum Gasteiger partial charge on any atom is -0.490 e. The van der Waals surface area contributed by atoms with Crippen LogP contribution in [0, 0.1) is 13.8 Å². The van der Waals surface area contributed by atoms with Crippen LogP contribution in [0.2, 0.25) is 0 Å². The minimum absolute atomic E-state index is 0.310. The van der Waals surface area contributed by atoms with Gasteiger partial charge in [0.05, 0.1) is 13.2 Å². The second-order valence-electron chi connectivity index (χ2n) is 5.67. The summed E-state index contributed by atoms with van der Waals surface area (Å²) < 4.78 is 11.6. The Morgan fingerprint density at radius 2 is 1.85 bits per heavy atom. The van der Waals surface area contributed by atoms with Gasteiger partial charge in [-0.2, -0.15) is 0 Å². The summed E-state index contributed by atoms with van der Waals surface area (Å²) in [6.07, 6.45) is 3.48. The van der Waals surface area contributed by atoms with E-state index in [4.69, 9.17) is 9.47 Å². The van der Waals surface area contributed by atoms with E-state index in [1.807, 2.05) is 0 Å². The molecule has 1 fully saturated rings. The van der Waals surface area contributed by atoms with Gasteiger partial charge in [0.15, 0.2) is 0 Å². The lowest BCUT2D eigenvalue weighted by Crippen LogP contribution is -2.26. The first-order chi connectivity index (χ1) is 9.70. The van der Waals surface area contributed by atoms with E-state index in [9.17, 15) is 0 Å². The molecule has 1 aromatic carbocycles. The highest BCUT2D eigenvalue weighted by Crippen LogP contribution is 2.27. The molecule has 1 heterocycles. The summed E-state index contributed by atoms with van der Waals surface area (Å²) in [6, 6.07) is 4.48. The van der Waals surface area contributed by atoms with Gasteiger partial charge in [-0.3, -0.25) is 0 Å². The van der Waals surface area contributed by atoms with Crippen molar-refractivity contribution in [1.82, 2.24) is 5.32 Å². The van der Waals surface area contributed by atoms with Crippen molar-refractivity contribution >= 4 is 0 Å². The van der Waals surface area contributed by atoms with Crippen molar-refractivity contribution in [2.75, 3.05) is 19.8 Å². The zero-order valence-electron chi connectivity index (χ0n) is 13.0. The second kappa shape index (κ2) is 7.65. The number of aryl methyl sites for hydroxylation is 2. The van der Waals surface area contributed by atoms with Crippen LogP contribution in [0.15, 0.2) is 12.1 Å². The maximum absolute atomic E-state index is 6.20. The SMILES string of the molecule is CCCNCc1cc(C)c(OC2CCOCC2)c(C)c1.